The number of carbonyl (C=O) groups excluding carboxylic acids is 1. The van der Waals surface area contributed by atoms with Gasteiger partial charge in [-0.3, -0.25) is 9.59 Å². The van der Waals surface area contributed by atoms with Gasteiger partial charge < -0.3 is 9.84 Å². The zero-order chi connectivity index (χ0) is 19.6. The number of hydrogen-bond acceptors (Lipinski definition) is 3. The first-order valence-electron chi connectivity index (χ1n) is 9.59. The van der Waals surface area contributed by atoms with Gasteiger partial charge in [-0.1, -0.05) is 31.1 Å². The largest absolute Gasteiger partial charge is 0.489 e. The Kier molecular flexibility index (Phi) is 8.13. The number of carboxylic acids is 1. The fourth-order valence-corrected chi connectivity index (χ4v) is 3.38. The topological polar surface area (TPSA) is 63.6 Å². The highest BCUT2D eigenvalue weighted by atomic mass is 16.5. The Hall–Kier alpha value is -2.54. The number of carbonyl (C=O) groups is 2. The van der Waals surface area contributed by atoms with Crippen LogP contribution in [-0.4, -0.2) is 23.5 Å². The molecule has 0 radical (unpaired) electrons. The number of allylic oxidation sites excluding steroid dienone is 1. The van der Waals surface area contributed by atoms with E-state index in [-0.39, 0.29) is 12.3 Å². The van der Waals surface area contributed by atoms with Gasteiger partial charge >= 0.3 is 5.97 Å². The zero-order valence-corrected chi connectivity index (χ0v) is 16.2. The molecule has 0 saturated heterocycles. The predicted octanol–water partition coefficient (Wildman–Crippen LogP) is 4.74. The van der Waals surface area contributed by atoms with Gasteiger partial charge in [-0.05, 0) is 55.4 Å². The van der Waals surface area contributed by atoms with Crippen LogP contribution in [0.2, 0.25) is 0 Å². The maximum absolute atomic E-state index is 11.7. The molecule has 4 nitrogen and oxygen atoms in total. The summed E-state index contributed by atoms with van der Waals surface area (Å²) in [5, 5.41) is 9.03. The van der Waals surface area contributed by atoms with E-state index in [1.807, 2.05) is 31.2 Å². The minimum atomic E-state index is -0.858. The number of Topliss-reactive ketones (excluding diaryl/α,β-unsaturated/α-hetero) is 1. The van der Waals surface area contributed by atoms with E-state index in [1.165, 1.54) is 5.57 Å². The van der Waals surface area contributed by atoms with E-state index < -0.39 is 5.97 Å². The molecule has 4 heteroatoms. The first kappa shape index (κ1) is 20.8. The van der Waals surface area contributed by atoms with Gasteiger partial charge in [-0.15, -0.1) is 5.92 Å². The Labute approximate surface area is 161 Å². The van der Waals surface area contributed by atoms with E-state index in [2.05, 4.69) is 17.9 Å². The highest BCUT2D eigenvalue weighted by Crippen LogP contribution is 2.27. The second-order valence-electron chi connectivity index (χ2n) is 6.98. The van der Waals surface area contributed by atoms with Crippen LogP contribution in [-0.2, 0) is 9.59 Å². The van der Waals surface area contributed by atoms with Gasteiger partial charge in [0.2, 0.25) is 0 Å². The first-order chi connectivity index (χ1) is 13.0. The number of benzene rings is 1. The van der Waals surface area contributed by atoms with Gasteiger partial charge in [0, 0.05) is 12.8 Å². The summed E-state index contributed by atoms with van der Waals surface area (Å²) in [7, 11) is 0. The Morgan fingerprint density at radius 2 is 2.04 bits per heavy atom. The van der Waals surface area contributed by atoms with Crippen molar-refractivity contribution in [3.63, 3.8) is 0 Å². The Morgan fingerprint density at radius 1 is 1.30 bits per heavy atom. The molecule has 0 aliphatic heterocycles. The van der Waals surface area contributed by atoms with E-state index in [1.54, 1.807) is 6.92 Å². The lowest BCUT2D eigenvalue weighted by molar-refractivity contribution is -0.137. The maximum Gasteiger partial charge on any atom is 0.304 e. The van der Waals surface area contributed by atoms with Crippen LogP contribution in [0.3, 0.4) is 0 Å². The third-order valence-corrected chi connectivity index (χ3v) is 4.83. The standard InChI is InChI=1S/C23H28O4/c1-3-6-20(15-23(25)26)19-9-11-22(12-10-19)27-16-18-8-5-7-17(13-18)14-21(24)4-2/h9-13,17,20H,4-5,7-8,14-16H2,1-2H3,(H,25,26)/t17-,20+/m1/s1. The Balaban J connectivity index is 1.95. The molecule has 27 heavy (non-hydrogen) atoms. The van der Waals surface area contributed by atoms with Crippen molar-refractivity contribution in [2.24, 2.45) is 5.92 Å². The second kappa shape index (κ2) is 10.6. The normalized spacial score (nSPS) is 17.3. The summed E-state index contributed by atoms with van der Waals surface area (Å²) in [6.07, 6.45) is 6.64. The van der Waals surface area contributed by atoms with Crippen LogP contribution in [0, 0.1) is 17.8 Å². The summed E-state index contributed by atoms with van der Waals surface area (Å²) in [6, 6.07) is 7.49. The molecule has 0 fully saturated rings. The average molecular weight is 368 g/mol. The van der Waals surface area contributed by atoms with E-state index in [9.17, 15) is 9.59 Å². The van der Waals surface area contributed by atoms with Gasteiger partial charge in [0.25, 0.3) is 0 Å². The van der Waals surface area contributed by atoms with Crippen molar-refractivity contribution in [1.82, 2.24) is 0 Å². The molecule has 0 amide bonds. The number of ether oxygens (including phenoxy) is 1. The molecular formula is C23H28O4. The average Bonchev–Trinajstić information content (AvgIpc) is 2.66. The van der Waals surface area contributed by atoms with E-state index in [4.69, 9.17) is 9.84 Å². The maximum atomic E-state index is 11.7. The van der Waals surface area contributed by atoms with Crippen molar-refractivity contribution in [2.75, 3.05) is 6.61 Å². The van der Waals surface area contributed by atoms with Gasteiger partial charge in [-0.2, -0.15) is 0 Å². The highest BCUT2D eigenvalue weighted by molar-refractivity contribution is 5.78. The number of aliphatic carboxylic acids is 1. The SMILES string of the molecule is CC#C[C@@H](CC(=O)O)c1ccc(OCC2=C[C@H](CC(=O)CC)CCC2)cc1. The third kappa shape index (κ3) is 6.94. The van der Waals surface area contributed by atoms with Crippen molar-refractivity contribution in [3.8, 4) is 17.6 Å². The minimum Gasteiger partial charge on any atom is -0.489 e. The fourth-order valence-electron chi connectivity index (χ4n) is 3.38. The van der Waals surface area contributed by atoms with Crippen molar-refractivity contribution in [2.45, 2.75) is 58.3 Å². The van der Waals surface area contributed by atoms with E-state index in [0.29, 0.717) is 31.1 Å². The van der Waals surface area contributed by atoms with Gasteiger partial charge in [0.05, 0.1) is 12.3 Å². The molecule has 0 saturated carbocycles. The van der Waals surface area contributed by atoms with Crippen LogP contribution >= 0.6 is 0 Å². The molecule has 0 heterocycles. The van der Waals surface area contributed by atoms with Gasteiger partial charge in [0.15, 0.2) is 0 Å². The summed E-state index contributed by atoms with van der Waals surface area (Å²) in [6.45, 7) is 4.16. The monoisotopic (exact) mass is 368 g/mol. The summed E-state index contributed by atoms with van der Waals surface area (Å²) in [5.41, 5.74) is 2.13. The molecule has 0 aromatic heterocycles. The molecule has 144 valence electrons. The summed E-state index contributed by atoms with van der Waals surface area (Å²) < 4.78 is 5.90. The van der Waals surface area contributed by atoms with Crippen molar-refractivity contribution >= 4 is 11.8 Å². The fraction of sp³-hybridized carbons (Fsp3) is 0.478. The Morgan fingerprint density at radius 3 is 2.67 bits per heavy atom. The van der Waals surface area contributed by atoms with Crippen LogP contribution in [0.1, 0.15) is 63.9 Å². The smallest absolute Gasteiger partial charge is 0.304 e. The van der Waals surface area contributed by atoms with Crippen LogP contribution < -0.4 is 4.74 Å². The Bertz CT molecular complexity index is 734. The predicted molar refractivity (Wildman–Crippen MR) is 106 cm³/mol. The summed E-state index contributed by atoms with van der Waals surface area (Å²) >= 11 is 0. The summed E-state index contributed by atoms with van der Waals surface area (Å²) in [5.74, 6) is 6.00. The number of rotatable bonds is 9. The first-order valence-corrected chi connectivity index (χ1v) is 9.59. The quantitative estimate of drug-likeness (QED) is 0.505. The molecule has 0 bridgehead atoms. The second-order valence-corrected chi connectivity index (χ2v) is 6.98. The number of hydrogen-bond donors (Lipinski definition) is 1. The minimum absolute atomic E-state index is 0.00814. The van der Waals surface area contributed by atoms with Crippen molar-refractivity contribution in [1.29, 1.82) is 0 Å². The number of ketones is 1. The summed E-state index contributed by atoms with van der Waals surface area (Å²) in [4.78, 5) is 22.7. The third-order valence-electron chi connectivity index (χ3n) is 4.83. The van der Waals surface area contributed by atoms with Crippen molar-refractivity contribution in [3.05, 3.63) is 41.5 Å². The number of carboxylic acid groups (broad SMARTS) is 1. The van der Waals surface area contributed by atoms with Crippen LogP contribution in [0.5, 0.6) is 5.75 Å². The molecule has 1 aromatic rings. The molecule has 0 spiro atoms. The molecule has 1 aromatic carbocycles. The van der Waals surface area contributed by atoms with Crippen molar-refractivity contribution < 1.29 is 19.4 Å². The molecular weight excluding hydrogens is 340 g/mol. The molecule has 2 rings (SSSR count). The zero-order valence-electron chi connectivity index (χ0n) is 16.2. The van der Waals surface area contributed by atoms with Gasteiger partial charge in [-0.25, -0.2) is 0 Å². The van der Waals surface area contributed by atoms with Crippen LogP contribution in [0.15, 0.2) is 35.9 Å². The molecule has 1 N–H and O–H groups in total. The lowest BCUT2D eigenvalue weighted by Crippen LogP contribution is -2.13. The van der Waals surface area contributed by atoms with Crippen LogP contribution in [0.25, 0.3) is 0 Å². The molecule has 2 atom stereocenters. The van der Waals surface area contributed by atoms with E-state index >= 15 is 0 Å². The molecule has 1 aliphatic carbocycles. The lowest BCUT2D eigenvalue weighted by Gasteiger charge is -2.21. The van der Waals surface area contributed by atoms with Crippen LogP contribution in [0.4, 0.5) is 0 Å². The molecule has 0 unspecified atom stereocenters. The lowest BCUT2D eigenvalue weighted by atomic mass is 9.87. The molecule has 1 aliphatic rings. The van der Waals surface area contributed by atoms with E-state index in [0.717, 1.165) is 30.6 Å². The van der Waals surface area contributed by atoms with Gasteiger partial charge in [0.1, 0.15) is 18.1 Å². The highest BCUT2D eigenvalue weighted by Gasteiger charge is 2.17.